The van der Waals surface area contributed by atoms with Gasteiger partial charge in [0.25, 0.3) is 0 Å². The molecule has 0 aliphatic rings. The summed E-state index contributed by atoms with van der Waals surface area (Å²) in [5.74, 6) is -0.315. The molecule has 0 saturated carbocycles. The Morgan fingerprint density at radius 2 is 1.75 bits per heavy atom. The zero-order valence-corrected chi connectivity index (χ0v) is 13.0. The highest BCUT2D eigenvalue weighted by Gasteiger charge is 2.13. The van der Waals surface area contributed by atoms with Crippen molar-refractivity contribution in [2.45, 2.75) is 6.92 Å². The van der Waals surface area contributed by atoms with Crippen LogP contribution in [-0.4, -0.2) is 11.7 Å². The molecule has 0 aliphatic carbocycles. The molecule has 0 unspecified atom stereocenters. The summed E-state index contributed by atoms with van der Waals surface area (Å²) >= 11 is 9.36. The first-order chi connectivity index (χ1) is 9.47. The fraction of sp³-hybridized carbons (Fsp3) is 0.0667. The second kappa shape index (κ2) is 6.20. The molecule has 0 heterocycles. The summed E-state index contributed by atoms with van der Waals surface area (Å²) in [6, 6.07) is 11.8. The Balaban J connectivity index is 2.29. The van der Waals surface area contributed by atoms with E-state index in [2.05, 4.69) is 21.2 Å². The number of benzene rings is 2. The van der Waals surface area contributed by atoms with Crippen molar-refractivity contribution in [3.63, 3.8) is 0 Å². The minimum atomic E-state index is -0.161. The molecule has 102 valence electrons. The van der Waals surface area contributed by atoms with E-state index in [9.17, 15) is 9.59 Å². The molecule has 20 heavy (non-hydrogen) atoms. The molecule has 1 N–H and O–H groups in total. The minimum absolute atomic E-state index is 0.154. The van der Waals surface area contributed by atoms with Crippen molar-refractivity contribution in [1.29, 1.82) is 0 Å². The third kappa shape index (κ3) is 3.46. The van der Waals surface area contributed by atoms with Crippen molar-refractivity contribution in [3.05, 3.63) is 63.1 Å². The highest BCUT2D eigenvalue weighted by atomic mass is 79.9. The van der Waals surface area contributed by atoms with Gasteiger partial charge in [-0.25, -0.2) is 0 Å². The van der Waals surface area contributed by atoms with E-state index in [4.69, 9.17) is 11.6 Å². The van der Waals surface area contributed by atoms with Crippen molar-refractivity contribution in [2.75, 3.05) is 5.32 Å². The van der Waals surface area contributed by atoms with E-state index < -0.39 is 0 Å². The van der Waals surface area contributed by atoms with E-state index in [0.29, 0.717) is 21.8 Å². The Morgan fingerprint density at radius 1 is 1.10 bits per heavy atom. The van der Waals surface area contributed by atoms with Gasteiger partial charge in [0.2, 0.25) is 5.91 Å². The highest BCUT2D eigenvalue weighted by Crippen LogP contribution is 2.24. The number of halogens is 2. The van der Waals surface area contributed by atoms with Crippen molar-refractivity contribution in [2.24, 2.45) is 0 Å². The second-order valence-corrected chi connectivity index (χ2v) is 5.53. The summed E-state index contributed by atoms with van der Waals surface area (Å²) < 4.78 is 0.792. The van der Waals surface area contributed by atoms with Gasteiger partial charge < -0.3 is 5.32 Å². The lowest BCUT2D eigenvalue weighted by atomic mass is 10.0. The number of rotatable bonds is 3. The van der Waals surface area contributed by atoms with Crippen LogP contribution in [0.3, 0.4) is 0 Å². The number of nitrogens with one attached hydrogen (secondary N) is 1. The van der Waals surface area contributed by atoms with Crippen LogP contribution >= 0.6 is 27.5 Å². The number of hydrogen-bond donors (Lipinski definition) is 1. The summed E-state index contributed by atoms with van der Waals surface area (Å²) in [5.41, 5.74) is 1.60. The molecule has 3 nitrogen and oxygen atoms in total. The molecule has 2 aromatic carbocycles. The van der Waals surface area contributed by atoms with Crippen LogP contribution in [0.2, 0.25) is 5.02 Å². The number of amides is 1. The molecule has 2 aromatic rings. The summed E-state index contributed by atoms with van der Waals surface area (Å²) in [6.45, 7) is 1.43. The van der Waals surface area contributed by atoms with Gasteiger partial charge in [-0.1, -0.05) is 27.5 Å². The fourth-order valence-corrected chi connectivity index (χ4v) is 2.30. The molecule has 0 spiro atoms. The van der Waals surface area contributed by atoms with Gasteiger partial charge in [-0.15, -0.1) is 0 Å². The first-order valence-corrected chi connectivity index (χ1v) is 7.02. The van der Waals surface area contributed by atoms with Crippen LogP contribution < -0.4 is 5.32 Å². The normalized spacial score (nSPS) is 10.2. The molecule has 0 fully saturated rings. The van der Waals surface area contributed by atoms with Gasteiger partial charge in [-0.2, -0.15) is 0 Å². The van der Waals surface area contributed by atoms with Crippen molar-refractivity contribution in [1.82, 2.24) is 0 Å². The smallest absolute Gasteiger partial charge is 0.221 e. The maximum atomic E-state index is 12.4. The summed E-state index contributed by atoms with van der Waals surface area (Å²) in [5, 5.41) is 3.05. The standard InChI is InChI=1S/C15H11BrClNO2/c1-9(19)18-12-5-2-10(3-6-12)15(20)13-8-11(16)4-7-14(13)17/h2-8H,1H3,(H,18,19). The lowest BCUT2D eigenvalue weighted by molar-refractivity contribution is -0.114. The van der Waals surface area contributed by atoms with E-state index in [1.165, 1.54) is 6.92 Å². The molecule has 0 radical (unpaired) electrons. The predicted molar refractivity (Wildman–Crippen MR) is 83.3 cm³/mol. The molecular formula is C15H11BrClNO2. The van der Waals surface area contributed by atoms with Crippen LogP contribution in [0.4, 0.5) is 5.69 Å². The third-order valence-electron chi connectivity index (χ3n) is 2.64. The van der Waals surface area contributed by atoms with Gasteiger partial charge in [0.15, 0.2) is 5.78 Å². The van der Waals surface area contributed by atoms with Gasteiger partial charge >= 0.3 is 0 Å². The Kier molecular flexibility index (Phi) is 4.57. The molecule has 0 bridgehead atoms. The lowest BCUT2D eigenvalue weighted by Gasteiger charge is -2.06. The number of carbonyl (C=O) groups is 2. The van der Waals surface area contributed by atoms with E-state index in [1.807, 2.05) is 0 Å². The number of carbonyl (C=O) groups excluding carboxylic acids is 2. The first kappa shape index (κ1) is 14.8. The van der Waals surface area contributed by atoms with E-state index >= 15 is 0 Å². The molecule has 0 aliphatic heterocycles. The highest BCUT2D eigenvalue weighted by molar-refractivity contribution is 9.10. The van der Waals surface area contributed by atoms with Crippen LogP contribution in [0, 0.1) is 0 Å². The summed E-state index contributed by atoms with van der Waals surface area (Å²) in [6.07, 6.45) is 0. The second-order valence-electron chi connectivity index (χ2n) is 4.21. The Morgan fingerprint density at radius 3 is 2.35 bits per heavy atom. The molecule has 1 amide bonds. The quantitative estimate of drug-likeness (QED) is 0.838. The lowest BCUT2D eigenvalue weighted by Crippen LogP contribution is -2.06. The molecule has 0 aromatic heterocycles. The molecule has 5 heteroatoms. The average molecular weight is 353 g/mol. The van der Waals surface area contributed by atoms with Crippen LogP contribution in [0.5, 0.6) is 0 Å². The summed E-state index contributed by atoms with van der Waals surface area (Å²) in [4.78, 5) is 23.3. The largest absolute Gasteiger partial charge is 0.326 e. The molecule has 0 saturated heterocycles. The number of ketones is 1. The van der Waals surface area contributed by atoms with E-state index in [0.717, 1.165) is 4.47 Å². The van der Waals surface area contributed by atoms with Crippen LogP contribution in [0.15, 0.2) is 46.9 Å². The van der Waals surface area contributed by atoms with E-state index in [1.54, 1.807) is 42.5 Å². The zero-order chi connectivity index (χ0) is 14.7. The van der Waals surface area contributed by atoms with Crippen molar-refractivity contribution < 1.29 is 9.59 Å². The average Bonchev–Trinajstić information content (AvgIpc) is 2.41. The fourth-order valence-electron chi connectivity index (χ4n) is 1.74. The number of anilines is 1. The number of hydrogen-bond acceptors (Lipinski definition) is 2. The first-order valence-electron chi connectivity index (χ1n) is 5.85. The van der Waals surface area contributed by atoms with Crippen LogP contribution in [0.25, 0.3) is 0 Å². The minimum Gasteiger partial charge on any atom is -0.326 e. The molecular weight excluding hydrogens is 342 g/mol. The van der Waals surface area contributed by atoms with Gasteiger partial charge in [-0.05, 0) is 42.5 Å². The summed E-state index contributed by atoms with van der Waals surface area (Å²) in [7, 11) is 0. The van der Waals surface area contributed by atoms with Crippen LogP contribution in [-0.2, 0) is 4.79 Å². The Hall–Kier alpha value is -1.65. The van der Waals surface area contributed by atoms with Crippen LogP contribution in [0.1, 0.15) is 22.8 Å². The monoisotopic (exact) mass is 351 g/mol. The predicted octanol–water partition coefficient (Wildman–Crippen LogP) is 4.29. The Labute approximate surface area is 130 Å². The Bertz CT molecular complexity index is 668. The zero-order valence-electron chi connectivity index (χ0n) is 10.6. The van der Waals surface area contributed by atoms with Crippen molar-refractivity contribution >= 4 is 44.9 Å². The van der Waals surface area contributed by atoms with Gasteiger partial charge in [0.05, 0.1) is 5.02 Å². The third-order valence-corrected chi connectivity index (χ3v) is 3.46. The topological polar surface area (TPSA) is 46.2 Å². The van der Waals surface area contributed by atoms with Gasteiger partial charge in [-0.3, -0.25) is 9.59 Å². The molecule has 0 atom stereocenters. The molecule has 2 rings (SSSR count). The van der Waals surface area contributed by atoms with Gasteiger partial charge in [0, 0.05) is 28.2 Å². The van der Waals surface area contributed by atoms with E-state index in [-0.39, 0.29) is 11.7 Å². The maximum Gasteiger partial charge on any atom is 0.221 e. The van der Waals surface area contributed by atoms with Gasteiger partial charge in [0.1, 0.15) is 0 Å². The maximum absolute atomic E-state index is 12.4. The van der Waals surface area contributed by atoms with Crippen molar-refractivity contribution in [3.8, 4) is 0 Å². The SMILES string of the molecule is CC(=O)Nc1ccc(C(=O)c2cc(Br)ccc2Cl)cc1.